The highest BCUT2D eigenvalue weighted by atomic mass is 16.6. The second kappa shape index (κ2) is 2.90. The lowest BCUT2D eigenvalue weighted by Gasteiger charge is -2.17. The van der Waals surface area contributed by atoms with Crippen LogP contribution in [0.25, 0.3) is 0 Å². The van der Waals surface area contributed by atoms with Gasteiger partial charge in [-0.1, -0.05) is 19.9 Å². The monoisotopic (exact) mass is 170 g/mol. The summed E-state index contributed by atoms with van der Waals surface area (Å²) in [7, 11) is 0. The zero-order valence-corrected chi connectivity index (χ0v) is 7.63. The molecule has 1 rings (SSSR count). The van der Waals surface area contributed by atoms with Crippen LogP contribution in [-0.2, 0) is 9.53 Å². The van der Waals surface area contributed by atoms with Crippen molar-refractivity contribution in [3.05, 3.63) is 11.6 Å². The molecule has 0 radical (unpaired) electrons. The molecule has 0 amide bonds. The molecule has 68 valence electrons. The molecule has 1 N–H and O–H groups in total. The first-order chi connectivity index (χ1) is 5.43. The summed E-state index contributed by atoms with van der Waals surface area (Å²) in [4.78, 5) is 10.5. The van der Waals surface area contributed by atoms with Crippen LogP contribution in [0.15, 0.2) is 11.6 Å². The molecule has 0 saturated carbocycles. The van der Waals surface area contributed by atoms with Gasteiger partial charge in [-0.2, -0.15) is 0 Å². The van der Waals surface area contributed by atoms with Gasteiger partial charge in [0.1, 0.15) is 0 Å². The Bertz CT molecular complexity index is 224. The summed E-state index contributed by atoms with van der Waals surface area (Å²) in [5, 5.41) is 8.64. The number of carbonyl (C=O) groups is 1. The highest BCUT2D eigenvalue weighted by Gasteiger charge is 2.38. The van der Waals surface area contributed by atoms with Gasteiger partial charge in [-0.15, -0.1) is 0 Å². The van der Waals surface area contributed by atoms with Crippen molar-refractivity contribution in [2.75, 3.05) is 6.61 Å². The van der Waals surface area contributed by atoms with E-state index in [0.29, 0.717) is 5.57 Å². The van der Waals surface area contributed by atoms with Crippen molar-refractivity contribution < 1.29 is 14.6 Å². The molecule has 1 atom stereocenters. The van der Waals surface area contributed by atoms with Crippen LogP contribution in [0.3, 0.4) is 0 Å². The molecule has 3 heteroatoms. The molecule has 0 aromatic carbocycles. The second-order valence-corrected chi connectivity index (χ2v) is 3.78. The molecular weight excluding hydrogens is 156 g/mol. The Labute approximate surface area is 72.0 Å². The summed E-state index contributed by atoms with van der Waals surface area (Å²) in [6.07, 6.45) is 1.96. The molecule has 3 nitrogen and oxygen atoms in total. The molecule has 0 bridgehead atoms. The number of rotatable bonds is 3. The van der Waals surface area contributed by atoms with E-state index in [0.717, 1.165) is 6.61 Å². The average Bonchev–Trinajstić information content (AvgIpc) is 2.65. The van der Waals surface area contributed by atoms with Crippen molar-refractivity contribution in [2.45, 2.75) is 26.9 Å². The maximum absolute atomic E-state index is 10.5. The maximum atomic E-state index is 10.5. The molecule has 0 aliphatic carbocycles. The Balaban J connectivity index is 2.69. The van der Waals surface area contributed by atoms with E-state index in [1.165, 1.54) is 0 Å². The maximum Gasteiger partial charge on any atom is 0.330 e. The van der Waals surface area contributed by atoms with E-state index in [9.17, 15) is 4.79 Å². The van der Waals surface area contributed by atoms with Gasteiger partial charge in [0.25, 0.3) is 0 Å². The van der Waals surface area contributed by atoms with Crippen LogP contribution < -0.4 is 0 Å². The number of aliphatic carboxylic acids is 1. The number of hydrogen-bond donors (Lipinski definition) is 1. The fraction of sp³-hybridized carbons (Fsp3) is 0.667. The second-order valence-electron chi connectivity index (χ2n) is 3.78. The van der Waals surface area contributed by atoms with Gasteiger partial charge in [0.15, 0.2) is 0 Å². The molecule has 0 aromatic heterocycles. The third-order valence-electron chi connectivity index (χ3n) is 2.09. The number of epoxide rings is 1. The molecule has 1 fully saturated rings. The topological polar surface area (TPSA) is 49.8 Å². The Morgan fingerprint density at radius 1 is 1.67 bits per heavy atom. The van der Waals surface area contributed by atoms with E-state index in [4.69, 9.17) is 9.84 Å². The van der Waals surface area contributed by atoms with Gasteiger partial charge in [-0.25, -0.2) is 4.79 Å². The third-order valence-corrected chi connectivity index (χ3v) is 2.09. The van der Waals surface area contributed by atoms with Crippen LogP contribution in [0.2, 0.25) is 0 Å². The predicted octanol–water partition coefficient (Wildman–Crippen LogP) is 1.44. The summed E-state index contributed by atoms with van der Waals surface area (Å²) in [6, 6.07) is 0. The van der Waals surface area contributed by atoms with Crippen LogP contribution in [-0.4, -0.2) is 23.8 Å². The van der Waals surface area contributed by atoms with Gasteiger partial charge in [-0.3, -0.25) is 0 Å². The van der Waals surface area contributed by atoms with Crippen molar-refractivity contribution >= 4 is 5.97 Å². The fourth-order valence-electron chi connectivity index (χ4n) is 1.19. The molecule has 0 aromatic rings. The summed E-state index contributed by atoms with van der Waals surface area (Å²) >= 11 is 0. The number of hydrogen-bond acceptors (Lipinski definition) is 2. The van der Waals surface area contributed by atoms with E-state index >= 15 is 0 Å². The Morgan fingerprint density at radius 2 is 2.17 bits per heavy atom. The fourth-order valence-corrected chi connectivity index (χ4v) is 1.19. The lowest BCUT2D eigenvalue weighted by atomic mass is 9.87. The third kappa shape index (κ3) is 2.08. The molecular formula is C9H14O3. The number of ether oxygens (including phenoxy) is 1. The molecule has 1 aliphatic rings. The smallest absolute Gasteiger partial charge is 0.330 e. The minimum atomic E-state index is -0.858. The molecule has 1 saturated heterocycles. The largest absolute Gasteiger partial charge is 0.478 e. The Hall–Kier alpha value is -0.830. The summed E-state index contributed by atoms with van der Waals surface area (Å²) in [5.41, 5.74) is 0.234. The van der Waals surface area contributed by atoms with Crippen molar-refractivity contribution in [3.63, 3.8) is 0 Å². The average molecular weight is 170 g/mol. The molecule has 12 heavy (non-hydrogen) atoms. The first-order valence-electron chi connectivity index (χ1n) is 3.98. The highest BCUT2D eigenvalue weighted by Crippen LogP contribution is 2.34. The molecule has 1 heterocycles. The van der Waals surface area contributed by atoms with Crippen LogP contribution in [0.5, 0.6) is 0 Å². The zero-order valence-electron chi connectivity index (χ0n) is 7.63. The minimum Gasteiger partial charge on any atom is -0.478 e. The van der Waals surface area contributed by atoms with Crippen LogP contribution in [0, 0.1) is 5.41 Å². The molecule has 1 unspecified atom stereocenters. The van der Waals surface area contributed by atoms with E-state index in [1.807, 2.05) is 13.8 Å². The lowest BCUT2D eigenvalue weighted by Crippen LogP contribution is -2.17. The van der Waals surface area contributed by atoms with Crippen molar-refractivity contribution in [1.82, 2.24) is 0 Å². The standard InChI is InChI=1S/C9H14O3/c1-6(8(10)11)4-9(2,3)7-5-12-7/h4,7H,5H2,1-3H3,(H,10,11). The van der Waals surface area contributed by atoms with Crippen molar-refractivity contribution in [1.29, 1.82) is 0 Å². The number of carboxylic acids is 1. The van der Waals surface area contributed by atoms with Gasteiger partial charge in [-0.05, 0) is 6.92 Å². The van der Waals surface area contributed by atoms with Crippen LogP contribution in [0.4, 0.5) is 0 Å². The van der Waals surface area contributed by atoms with Crippen molar-refractivity contribution in [3.8, 4) is 0 Å². The highest BCUT2D eigenvalue weighted by molar-refractivity contribution is 5.85. The van der Waals surface area contributed by atoms with Gasteiger partial charge in [0, 0.05) is 11.0 Å². The van der Waals surface area contributed by atoms with Crippen molar-refractivity contribution in [2.24, 2.45) is 5.41 Å². The van der Waals surface area contributed by atoms with Gasteiger partial charge in [0.05, 0.1) is 12.7 Å². The van der Waals surface area contributed by atoms with E-state index in [-0.39, 0.29) is 11.5 Å². The van der Waals surface area contributed by atoms with Crippen LogP contribution in [0.1, 0.15) is 20.8 Å². The SMILES string of the molecule is CC(=CC(C)(C)C1CO1)C(=O)O. The first-order valence-corrected chi connectivity index (χ1v) is 3.98. The molecule has 1 aliphatic heterocycles. The van der Waals surface area contributed by atoms with E-state index < -0.39 is 5.97 Å². The quantitative estimate of drug-likeness (QED) is 0.515. The van der Waals surface area contributed by atoms with Crippen LogP contribution >= 0.6 is 0 Å². The summed E-state index contributed by atoms with van der Waals surface area (Å²) < 4.78 is 5.12. The van der Waals surface area contributed by atoms with E-state index in [1.54, 1.807) is 13.0 Å². The van der Waals surface area contributed by atoms with Gasteiger partial charge < -0.3 is 9.84 Å². The van der Waals surface area contributed by atoms with Gasteiger partial charge >= 0.3 is 5.97 Å². The van der Waals surface area contributed by atoms with Gasteiger partial charge in [0.2, 0.25) is 0 Å². The predicted molar refractivity (Wildman–Crippen MR) is 44.9 cm³/mol. The Morgan fingerprint density at radius 3 is 2.50 bits per heavy atom. The van der Waals surface area contributed by atoms with E-state index in [2.05, 4.69) is 0 Å². The molecule has 0 spiro atoms. The zero-order chi connectivity index (χ0) is 9.35. The minimum absolute atomic E-state index is 0.150. The summed E-state index contributed by atoms with van der Waals surface area (Å²) in [6.45, 7) is 6.32. The number of carboxylic acid groups (broad SMARTS) is 1. The normalized spacial score (nSPS) is 23.9. The lowest BCUT2D eigenvalue weighted by molar-refractivity contribution is -0.132. The summed E-state index contributed by atoms with van der Waals surface area (Å²) in [5.74, 6) is -0.858. The Kier molecular flexibility index (Phi) is 2.24. The first kappa shape index (κ1) is 9.26.